The number of aromatic nitrogens is 1. The highest BCUT2D eigenvalue weighted by Gasteiger charge is 2.26. The second kappa shape index (κ2) is 6.38. The fourth-order valence-electron chi connectivity index (χ4n) is 1.59. The molecule has 1 saturated carbocycles. The van der Waals surface area contributed by atoms with E-state index in [1.807, 2.05) is 0 Å². The first-order chi connectivity index (χ1) is 9.03. The average molecular weight is 278 g/mol. The summed E-state index contributed by atoms with van der Waals surface area (Å²) in [6.45, 7) is 0.881. The first-order valence-electron chi connectivity index (χ1n) is 6.35. The molecule has 0 unspecified atom stereocenters. The minimum Gasteiger partial charge on any atom is -0.373 e. The predicted molar refractivity (Wildman–Crippen MR) is 61.3 cm³/mol. The molecule has 1 aromatic heterocycles. The van der Waals surface area contributed by atoms with Gasteiger partial charge in [0.25, 0.3) is 0 Å². The molecule has 7 heteroatoms. The molecule has 1 N–H and O–H groups in total. The van der Waals surface area contributed by atoms with E-state index in [1.165, 1.54) is 12.8 Å². The molecular formula is C12H17F3N2O2. The quantitative estimate of drug-likeness (QED) is 0.743. The molecule has 2 rings (SSSR count). The van der Waals surface area contributed by atoms with Crippen molar-refractivity contribution in [1.29, 1.82) is 0 Å². The lowest BCUT2D eigenvalue weighted by molar-refractivity contribution is -0.138. The van der Waals surface area contributed by atoms with Crippen molar-refractivity contribution in [1.82, 2.24) is 10.5 Å². The zero-order valence-electron chi connectivity index (χ0n) is 10.5. The lowest BCUT2D eigenvalue weighted by atomic mass is 10.3. The van der Waals surface area contributed by atoms with Crippen LogP contribution in [0.4, 0.5) is 13.2 Å². The molecule has 0 aromatic carbocycles. The molecule has 0 bridgehead atoms. The number of halogens is 3. The third kappa shape index (κ3) is 6.07. The molecule has 19 heavy (non-hydrogen) atoms. The smallest absolute Gasteiger partial charge is 0.373 e. The minimum atomic E-state index is -4.11. The molecule has 1 aliphatic rings. The molecular weight excluding hydrogens is 261 g/mol. The van der Waals surface area contributed by atoms with Crippen molar-refractivity contribution in [3.8, 4) is 0 Å². The number of alkyl halides is 3. The van der Waals surface area contributed by atoms with E-state index in [4.69, 9.17) is 9.26 Å². The van der Waals surface area contributed by atoms with Gasteiger partial charge in [0.1, 0.15) is 6.61 Å². The largest absolute Gasteiger partial charge is 0.389 e. The van der Waals surface area contributed by atoms with E-state index in [0.717, 1.165) is 5.69 Å². The van der Waals surface area contributed by atoms with Gasteiger partial charge in [0.2, 0.25) is 0 Å². The van der Waals surface area contributed by atoms with Gasteiger partial charge in [-0.05, 0) is 19.3 Å². The second-order valence-corrected chi connectivity index (χ2v) is 4.71. The minimum absolute atomic E-state index is 0.0340. The molecule has 1 fully saturated rings. The van der Waals surface area contributed by atoms with Crippen LogP contribution in [0.15, 0.2) is 10.6 Å². The summed E-state index contributed by atoms with van der Waals surface area (Å²) in [5.41, 5.74) is 0.792. The summed E-state index contributed by atoms with van der Waals surface area (Å²) in [5.74, 6) is 0.541. The highest BCUT2D eigenvalue weighted by Crippen LogP contribution is 2.21. The van der Waals surface area contributed by atoms with Crippen LogP contribution in [0.5, 0.6) is 0 Å². The third-order valence-electron chi connectivity index (χ3n) is 2.75. The molecule has 1 aliphatic carbocycles. The van der Waals surface area contributed by atoms with E-state index in [2.05, 4.69) is 10.5 Å². The normalized spacial score (nSPS) is 15.9. The Kier molecular flexibility index (Phi) is 4.81. The Morgan fingerprint density at radius 3 is 2.89 bits per heavy atom. The summed E-state index contributed by atoms with van der Waals surface area (Å²) in [7, 11) is 0. The SMILES string of the molecule is FC(F)(F)CCCOCc1cc(CNC2CC2)no1. The van der Waals surface area contributed by atoms with Crippen LogP contribution in [0.1, 0.15) is 37.1 Å². The Labute approximate surface area is 109 Å². The number of rotatable bonds is 8. The van der Waals surface area contributed by atoms with E-state index in [-0.39, 0.29) is 19.6 Å². The number of nitrogens with one attached hydrogen (secondary N) is 1. The third-order valence-corrected chi connectivity index (χ3v) is 2.75. The van der Waals surface area contributed by atoms with E-state index in [0.29, 0.717) is 18.3 Å². The van der Waals surface area contributed by atoms with Crippen LogP contribution >= 0.6 is 0 Å². The van der Waals surface area contributed by atoms with Gasteiger partial charge in [-0.1, -0.05) is 5.16 Å². The Balaban J connectivity index is 1.57. The zero-order valence-corrected chi connectivity index (χ0v) is 10.5. The number of hydrogen-bond donors (Lipinski definition) is 1. The first kappa shape index (κ1) is 14.3. The van der Waals surface area contributed by atoms with Gasteiger partial charge in [0.15, 0.2) is 5.76 Å². The van der Waals surface area contributed by atoms with Crippen LogP contribution in [0.2, 0.25) is 0 Å². The monoisotopic (exact) mass is 278 g/mol. The molecule has 1 heterocycles. The highest BCUT2D eigenvalue weighted by atomic mass is 19.4. The van der Waals surface area contributed by atoms with Crippen LogP contribution in [0.25, 0.3) is 0 Å². The Morgan fingerprint density at radius 2 is 2.21 bits per heavy atom. The maximum atomic E-state index is 11.9. The fraction of sp³-hybridized carbons (Fsp3) is 0.750. The Bertz CT molecular complexity index is 389. The van der Waals surface area contributed by atoms with Gasteiger partial charge < -0.3 is 14.6 Å². The number of ether oxygens (including phenoxy) is 1. The van der Waals surface area contributed by atoms with Gasteiger partial charge in [-0.15, -0.1) is 0 Å². The summed E-state index contributed by atoms with van der Waals surface area (Å²) in [6, 6.07) is 2.36. The van der Waals surface area contributed by atoms with E-state index >= 15 is 0 Å². The van der Waals surface area contributed by atoms with Crippen molar-refractivity contribution in [2.45, 2.75) is 51.1 Å². The lowest BCUT2D eigenvalue weighted by Gasteiger charge is -2.05. The van der Waals surface area contributed by atoms with Gasteiger partial charge in [0.05, 0.1) is 5.69 Å². The van der Waals surface area contributed by atoms with Gasteiger partial charge >= 0.3 is 6.18 Å². The lowest BCUT2D eigenvalue weighted by Crippen LogP contribution is -2.15. The van der Waals surface area contributed by atoms with Crippen molar-refractivity contribution in [3.05, 3.63) is 17.5 Å². The number of nitrogens with zero attached hydrogens (tertiary/aromatic N) is 1. The van der Waals surface area contributed by atoms with Crippen molar-refractivity contribution in [3.63, 3.8) is 0 Å². The molecule has 0 amide bonds. The van der Waals surface area contributed by atoms with Crippen LogP contribution < -0.4 is 5.32 Å². The highest BCUT2D eigenvalue weighted by molar-refractivity contribution is 5.04. The molecule has 0 radical (unpaired) electrons. The fourth-order valence-corrected chi connectivity index (χ4v) is 1.59. The van der Waals surface area contributed by atoms with Crippen LogP contribution in [-0.4, -0.2) is 24.0 Å². The van der Waals surface area contributed by atoms with E-state index in [9.17, 15) is 13.2 Å². The average Bonchev–Trinajstić information content (AvgIpc) is 3.05. The van der Waals surface area contributed by atoms with Crippen molar-refractivity contribution >= 4 is 0 Å². The van der Waals surface area contributed by atoms with Gasteiger partial charge in [-0.25, -0.2) is 0 Å². The summed E-state index contributed by atoms with van der Waals surface area (Å²) in [6.07, 6.45) is -2.56. The predicted octanol–water partition coefficient (Wildman–Crippen LogP) is 2.79. The molecule has 1 aromatic rings. The maximum absolute atomic E-state index is 11.9. The van der Waals surface area contributed by atoms with Crippen LogP contribution in [-0.2, 0) is 17.9 Å². The van der Waals surface area contributed by atoms with Crippen LogP contribution in [0.3, 0.4) is 0 Å². The maximum Gasteiger partial charge on any atom is 0.389 e. The standard InChI is InChI=1S/C12H17F3N2O2/c13-12(14,15)4-1-5-18-8-11-6-10(17-19-11)7-16-9-2-3-9/h6,9,16H,1-5,7-8H2. The van der Waals surface area contributed by atoms with Gasteiger partial charge in [-0.3, -0.25) is 0 Å². The van der Waals surface area contributed by atoms with E-state index in [1.54, 1.807) is 6.07 Å². The summed E-state index contributed by atoms with van der Waals surface area (Å²) < 4.78 is 45.8. The molecule has 0 atom stereocenters. The summed E-state index contributed by atoms with van der Waals surface area (Å²) in [5, 5.41) is 7.15. The topological polar surface area (TPSA) is 47.3 Å². The summed E-state index contributed by atoms with van der Waals surface area (Å²) >= 11 is 0. The van der Waals surface area contributed by atoms with Crippen LogP contribution in [0, 0.1) is 0 Å². The Morgan fingerprint density at radius 1 is 1.42 bits per heavy atom. The zero-order chi connectivity index (χ0) is 13.7. The molecule has 0 aliphatic heterocycles. The van der Waals surface area contributed by atoms with Crippen molar-refractivity contribution in [2.75, 3.05) is 6.61 Å². The molecule has 4 nitrogen and oxygen atoms in total. The van der Waals surface area contributed by atoms with Crippen molar-refractivity contribution < 1.29 is 22.4 Å². The van der Waals surface area contributed by atoms with Gasteiger partial charge in [-0.2, -0.15) is 13.2 Å². The summed E-state index contributed by atoms with van der Waals surface area (Å²) in [4.78, 5) is 0. The van der Waals surface area contributed by atoms with Crippen molar-refractivity contribution in [2.24, 2.45) is 0 Å². The molecule has 0 saturated heterocycles. The molecule has 108 valence electrons. The van der Waals surface area contributed by atoms with E-state index < -0.39 is 12.6 Å². The number of hydrogen-bond acceptors (Lipinski definition) is 4. The second-order valence-electron chi connectivity index (χ2n) is 4.71. The Hall–Kier alpha value is -1.08. The molecule has 0 spiro atoms. The first-order valence-corrected chi connectivity index (χ1v) is 6.35. The van der Waals surface area contributed by atoms with Gasteiger partial charge in [0, 0.05) is 31.7 Å².